The van der Waals surface area contributed by atoms with Gasteiger partial charge in [0.25, 0.3) is 0 Å². The van der Waals surface area contributed by atoms with Crippen LogP contribution < -0.4 is 9.80 Å². The highest BCUT2D eigenvalue weighted by atomic mass is 32.1. The van der Waals surface area contributed by atoms with Crippen molar-refractivity contribution in [3.8, 4) is 44.5 Å². The summed E-state index contributed by atoms with van der Waals surface area (Å²) in [6.07, 6.45) is 0. The van der Waals surface area contributed by atoms with Crippen LogP contribution in [0.4, 0.5) is 34.1 Å². The fourth-order valence-corrected chi connectivity index (χ4v) is 11.6. The molecule has 0 fully saturated rings. The fraction of sp³-hybridized carbons (Fsp3) is 0. The van der Waals surface area contributed by atoms with Crippen molar-refractivity contribution in [3.05, 3.63) is 279 Å². The van der Waals surface area contributed by atoms with Gasteiger partial charge >= 0.3 is 0 Å². The molecule has 0 saturated carbocycles. The zero-order valence-electron chi connectivity index (χ0n) is 38.9. The standard InChI is InChI=1S/C68H46N2S/c1-5-15-47(16-6-1)49-25-35-57(36-26-49)69(55-19-9-3-10-20-55)59-39-29-51(30-40-59)53-33-43-63-65(45-53)61-23-13-14-24-62(61)67-64-44-34-54(46-66(64)71-68(63)67)52-31-41-60(42-32-52)70(56-21-11-4-12-22-56)58-37-27-50(28-38-58)48-17-7-2-8-18-48/h1-46H. The van der Waals surface area contributed by atoms with E-state index in [-0.39, 0.29) is 0 Å². The van der Waals surface area contributed by atoms with Gasteiger partial charge in [-0.1, -0.05) is 194 Å². The highest BCUT2D eigenvalue weighted by Gasteiger charge is 2.18. The number of thiophene rings is 1. The lowest BCUT2D eigenvalue weighted by molar-refractivity contribution is 1.28. The molecule has 2 nitrogen and oxygen atoms in total. The Balaban J connectivity index is 0.829. The maximum Gasteiger partial charge on any atom is 0.0462 e. The third-order valence-corrected chi connectivity index (χ3v) is 15.0. The number of hydrogen-bond acceptors (Lipinski definition) is 3. The molecule has 13 aromatic rings. The second kappa shape index (κ2) is 18.1. The average molecular weight is 923 g/mol. The Morgan fingerprint density at radius 2 is 0.535 bits per heavy atom. The molecule has 0 spiro atoms. The summed E-state index contributed by atoms with van der Waals surface area (Å²) >= 11 is 1.91. The van der Waals surface area contributed by atoms with Crippen LogP contribution in [0.25, 0.3) is 86.2 Å². The van der Waals surface area contributed by atoms with E-state index in [1.807, 2.05) is 11.3 Å². The zero-order valence-corrected chi connectivity index (χ0v) is 39.7. The minimum atomic E-state index is 1.11. The molecular formula is C68H46N2S. The van der Waals surface area contributed by atoms with Crippen molar-refractivity contribution in [1.29, 1.82) is 0 Å². The monoisotopic (exact) mass is 922 g/mol. The van der Waals surface area contributed by atoms with E-state index in [2.05, 4.69) is 289 Å². The molecule has 0 atom stereocenters. The van der Waals surface area contributed by atoms with Crippen LogP contribution in [0.15, 0.2) is 279 Å². The van der Waals surface area contributed by atoms with Gasteiger partial charge in [-0.2, -0.15) is 0 Å². The number of para-hydroxylation sites is 2. The second-order valence-corrected chi connectivity index (χ2v) is 19.1. The van der Waals surface area contributed by atoms with Gasteiger partial charge in [0, 0.05) is 59.7 Å². The Kier molecular flexibility index (Phi) is 10.8. The highest BCUT2D eigenvalue weighted by Crippen LogP contribution is 2.46. The molecule has 3 heteroatoms. The van der Waals surface area contributed by atoms with Gasteiger partial charge < -0.3 is 9.80 Å². The molecular weight excluding hydrogens is 877 g/mol. The third-order valence-electron chi connectivity index (χ3n) is 13.9. The lowest BCUT2D eigenvalue weighted by Crippen LogP contribution is -2.09. The van der Waals surface area contributed by atoms with E-state index in [1.165, 1.54) is 86.2 Å². The number of rotatable bonds is 10. The van der Waals surface area contributed by atoms with Crippen LogP contribution in [0.5, 0.6) is 0 Å². The summed E-state index contributed by atoms with van der Waals surface area (Å²) < 4.78 is 2.62. The molecule has 0 bridgehead atoms. The molecule has 13 rings (SSSR count). The molecule has 0 N–H and O–H groups in total. The average Bonchev–Trinajstić information content (AvgIpc) is 3.85. The molecule has 1 aromatic heterocycles. The van der Waals surface area contributed by atoms with Crippen LogP contribution in [0, 0.1) is 0 Å². The lowest BCUT2D eigenvalue weighted by atomic mass is 9.94. The quantitative estimate of drug-likeness (QED) is 0.126. The molecule has 71 heavy (non-hydrogen) atoms. The minimum absolute atomic E-state index is 1.11. The molecule has 0 saturated heterocycles. The molecule has 334 valence electrons. The molecule has 0 aliphatic carbocycles. The van der Waals surface area contributed by atoms with E-state index in [0.717, 1.165) is 34.1 Å². The predicted molar refractivity (Wildman–Crippen MR) is 305 cm³/mol. The summed E-state index contributed by atoms with van der Waals surface area (Å²) in [6.45, 7) is 0. The molecule has 1 heterocycles. The van der Waals surface area contributed by atoms with Gasteiger partial charge in [-0.3, -0.25) is 0 Å². The number of benzene rings is 12. The van der Waals surface area contributed by atoms with Crippen LogP contribution in [0.3, 0.4) is 0 Å². The zero-order chi connectivity index (χ0) is 47.1. The summed E-state index contributed by atoms with van der Waals surface area (Å²) in [6, 6.07) is 101. The van der Waals surface area contributed by atoms with Crippen LogP contribution in [0.1, 0.15) is 0 Å². The molecule has 0 aliphatic rings. The first kappa shape index (κ1) is 42.1. The molecule has 0 amide bonds. The summed E-state index contributed by atoms with van der Waals surface area (Å²) in [5, 5.41) is 7.77. The maximum absolute atomic E-state index is 2.40. The highest BCUT2D eigenvalue weighted by molar-refractivity contribution is 7.27. The first-order valence-electron chi connectivity index (χ1n) is 24.2. The van der Waals surface area contributed by atoms with Crippen molar-refractivity contribution < 1.29 is 0 Å². The van der Waals surface area contributed by atoms with Crippen LogP contribution in [-0.4, -0.2) is 0 Å². The Bertz CT molecular complexity index is 3980. The van der Waals surface area contributed by atoms with Gasteiger partial charge in [-0.05, 0) is 146 Å². The molecule has 0 unspecified atom stereocenters. The van der Waals surface area contributed by atoms with Gasteiger partial charge in [0.1, 0.15) is 0 Å². The van der Waals surface area contributed by atoms with Gasteiger partial charge in [-0.15, -0.1) is 11.3 Å². The summed E-state index contributed by atoms with van der Waals surface area (Å²) in [5.74, 6) is 0. The number of nitrogens with zero attached hydrogens (tertiary/aromatic N) is 2. The Morgan fingerprint density at radius 1 is 0.211 bits per heavy atom. The molecule has 0 aliphatic heterocycles. The van der Waals surface area contributed by atoms with Crippen molar-refractivity contribution in [1.82, 2.24) is 0 Å². The molecule has 12 aromatic carbocycles. The Hall–Kier alpha value is -9.02. The summed E-state index contributed by atoms with van der Waals surface area (Å²) in [7, 11) is 0. The van der Waals surface area contributed by atoms with Gasteiger partial charge in [0.15, 0.2) is 0 Å². The smallest absolute Gasteiger partial charge is 0.0462 e. The maximum atomic E-state index is 2.40. The predicted octanol–water partition coefficient (Wildman–Crippen LogP) is 20.0. The summed E-state index contributed by atoms with van der Waals surface area (Å²) in [5.41, 5.74) is 16.3. The van der Waals surface area contributed by atoms with E-state index in [9.17, 15) is 0 Å². The van der Waals surface area contributed by atoms with Gasteiger partial charge in [0.05, 0.1) is 0 Å². The largest absolute Gasteiger partial charge is 0.311 e. The van der Waals surface area contributed by atoms with Crippen molar-refractivity contribution in [2.75, 3.05) is 9.80 Å². The fourth-order valence-electron chi connectivity index (χ4n) is 10.3. The van der Waals surface area contributed by atoms with E-state index < -0.39 is 0 Å². The van der Waals surface area contributed by atoms with Crippen molar-refractivity contribution in [2.24, 2.45) is 0 Å². The second-order valence-electron chi connectivity index (χ2n) is 18.1. The number of anilines is 6. The number of fused-ring (bicyclic) bond motifs is 8. The first-order chi connectivity index (χ1) is 35.2. The third kappa shape index (κ3) is 7.89. The Labute approximate surface area is 418 Å². The van der Waals surface area contributed by atoms with E-state index >= 15 is 0 Å². The van der Waals surface area contributed by atoms with Crippen LogP contribution in [-0.2, 0) is 0 Å². The van der Waals surface area contributed by atoms with E-state index in [4.69, 9.17) is 0 Å². The minimum Gasteiger partial charge on any atom is -0.311 e. The first-order valence-corrected chi connectivity index (χ1v) is 25.0. The van der Waals surface area contributed by atoms with Crippen LogP contribution >= 0.6 is 11.3 Å². The van der Waals surface area contributed by atoms with Crippen molar-refractivity contribution in [3.63, 3.8) is 0 Å². The summed E-state index contributed by atoms with van der Waals surface area (Å²) in [4.78, 5) is 4.66. The topological polar surface area (TPSA) is 6.48 Å². The van der Waals surface area contributed by atoms with Gasteiger partial charge in [-0.25, -0.2) is 0 Å². The normalized spacial score (nSPS) is 11.4. The van der Waals surface area contributed by atoms with Crippen molar-refractivity contribution >= 4 is 87.2 Å². The van der Waals surface area contributed by atoms with Crippen LogP contribution in [0.2, 0.25) is 0 Å². The number of hydrogen-bond donors (Lipinski definition) is 0. The molecule has 0 radical (unpaired) electrons. The Morgan fingerprint density at radius 3 is 0.986 bits per heavy atom. The van der Waals surface area contributed by atoms with E-state index in [0.29, 0.717) is 0 Å². The lowest BCUT2D eigenvalue weighted by Gasteiger charge is -2.26. The van der Waals surface area contributed by atoms with Crippen molar-refractivity contribution in [2.45, 2.75) is 0 Å². The van der Waals surface area contributed by atoms with E-state index in [1.54, 1.807) is 0 Å². The van der Waals surface area contributed by atoms with Gasteiger partial charge in [0.2, 0.25) is 0 Å². The SMILES string of the molecule is c1ccc(-c2ccc(N(c3ccccc3)c3ccc(-c4ccc5c(c4)sc4c6ccc(-c7ccc(N(c8ccccc8)c8ccc(-c9ccccc9)cc8)cc7)cc6c6ccccc6c54)cc3)cc2)cc1.